The van der Waals surface area contributed by atoms with Gasteiger partial charge in [-0.05, 0) is 24.1 Å². The smallest absolute Gasteiger partial charge is 0.233 e. The highest BCUT2D eigenvalue weighted by atomic mass is 32.1. The van der Waals surface area contributed by atoms with E-state index in [0.29, 0.717) is 6.42 Å². The van der Waals surface area contributed by atoms with Crippen LogP contribution in [0, 0.1) is 0 Å². The van der Waals surface area contributed by atoms with Crippen molar-refractivity contribution in [3.8, 4) is 0 Å². The molecular formula is C15H17N3OS. The van der Waals surface area contributed by atoms with Crippen LogP contribution in [0.15, 0.2) is 46.1 Å². The number of hydrogen-bond donors (Lipinski definition) is 1. The minimum Gasteiger partial charge on any atom is -0.391 e. The Hall–Kier alpha value is -1.88. The summed E-state index contributed by atoms with van der Waals surface area (Å²) in [6.07, 6.45) is 8.57. The third kappa shape index (κ3) is 2.54. The molecule has 1 aliphatic heterocycles. The first-order valence-corrected chi connectivity index (χ1v) is 7.67. The van der Waals surface area contributed by atoms with Gasteiger partial charge in [0.2, 0.25) is 5.91 Å². The number of nitrogens with one attached hydrogen (secondary N) is 1. The molecular weight excluding hydrogens is 270 g/mol. The van der Waals surface area contributed by atoms with Gasteiger partial charge in [0.05, 0.1) is 17.6 Å². The molecule has 0 saturated carbocycles. The summed E-state index contributed by atoms with van der Waals surface area (Å²) >= 11 is 1.53. The molecule has 1 fully saturated rings. The average molecular weight is 287 g/mol. The molecule has 5 heteroatoms. The molecule has 0 aromatic carbocycles. The van der Waals surface area contributed by atoms with Gasteiger partial charge in [-0.3, -0.25) is 4.79 Å². The molecule has 1 N–H and O–H groups in total. The molecule has 4 nitrogen and oxygen atoms in total. The molecule has 3 rings (SSSR count). The SMILES string of the molecule is CNC1=CC=C2C(=CC1)CCN2C(=O)Cc1cscn1. The van der Waals surface area contributed by atoms with Gasteiger partial charge in [-0.1, -0.05) is 6.08 Å². The van der Waals surface area contributed by atoms with Crippen LogP contribution in [0.4, 0.5) is 0 Å². The Morgan fingerprint density at radius 2 is 2.40 bits per heavy atom. The molecule has 1 saturated heterocycles. The summed E-state index contributed by atoms with van der Waals surface area (Å²) in [7, 11) is 1.93. The highest BCUT2D eigenvalue weighted by Crippen LogP contribution is 2.30. The van der Waals surface area contributed by atoms with Gasteiger partial charge >= 0.3 is 0 Å². The van der Waals surface area contributed by atoms with Crippen molar-refractivity contribution in [2.24, 2.45) is 0 Å². The van der Waals surface area contributed by atoms with Gasteiger partial charge in [-0.2, -0.15) is 0 Å². The van der Waals surface area contributed by atoms with Crippen LogP contribution in [0.3, 0.4) is 0 Å². The molecule has 104 valence electrons. The van der Waals surface area contributed by atoms with E-state index in [1.54, 1.807) is 5.51 Å². The van der Waals surface area contributed by atoms with Gasteiger partial charge in [0.1, 0.15) is 0 Å². The molecule has 1 aromatic rings. The summed E-state index contributed by atoms with van der Waals surface area (Å²) in [5, 5.41) is 5.11. The van der Waals surface area contributed by atoms with E-state index in [-0.39, 0.29) is 5.91 Å². The van der Waals surface area contributed by atoms with Gasteiger partial charge in [-0.25, -0.2) is 4.98 Å². The summed E-state index contributed by atoms with van der Waals surface area (Å²) in [6.45, 7) is 0.781. The van der Waals surface area contributed by atoms with E-state index in [4.69, 9.17) is 0 Å². The summed E-state index contributed by atoms with van der Waals surface area (Å²) in [4.78, 5) is 18.5. The third-order valence-electron chi connectivity index (χ3n) is 3.67. The lowest BCUT2D eigenvalue weighted by Gasteiger charge is -2.17. The molecule has 2 heterocycles. The van der Waals surface area contributed by atoms with Gasteiger partial charge < -0.3 is 10.2 Å². The van der Waals surface area contributed by atoms with E-state index >= 15 is 0 Å². The topological polar surface area (TPSA) is 45.2 Å². The molecule has 2 aliphatic rings. The molecule has 0 unspecified atom stereocenters. The molecule has 20 heavy (non-hydrogen) atoms. The molecule has 0 atom stereocenters. The van der Waals surface area contributed by atoms with Gasteiger partial charge in [-0.15, -0.1) is 11.3 Å². The van der Waals surface area contributed by atoms with Crippen molar-refractivity contribution in [1.82, 2.24) is 15.2 Å². The van der Waals surface area contributed by atoms with Crippen LogP contribution in [-0.2, 0) is 11.2 Å². The van der Waals surface area contributed by atoms with E-state index in [1.165, 1.54) is 22.6 Å². The zero-order chi connectivity index (χ0) is 13.9. The Labute approximate surface area is 122 Å². The molecule has 1 aliphatic carbocycles. The summed E-state index contributed by atoms with van der Waals surface area (Å²) in [5.41, 5.74) is 6.13. The maximum Gasteiger partial charge on any atom is 0.233 e. The Morgan fingerprint density at radius 3 is 3.15 bits per heavy atom. The summed E-state index contributed by atoms with van der Waals surface area (Å²) in [6, 6.07) is 0. The second-order valence-electron chi connectivity index (χ2n) is 4.88. The highest BCUT2D eigenvalue weighted by Gasteiger charge is 2.27. The van der Waals surface area contributed by atoms with Crippen LogP contribution in [-0.4, -0.2) is 29.4 Å². The fourth-order valence-electron chi connectivity index (χ4n) is 2.56. The number of rotatable bonds is 3. The summed E-state index contributed by atoms with van der Waals surface area (Å²) < 4.78 is 0. The predicted molar refractivity (Wildman–Crippen MR) is 80.1 cm³/mol. The zero-order valence-electron chi connectivity index (χ0n) is 11.4. The first-order valence-electron chi connectivity index (χ1n) is 6.73. The number of carbonyl (C=O) groups is 1. The van der Waals surface area contributed by atoms with Crippen LogP contribution >= 0.6 is 11.3 Å². The Bertz CT molecular complexity index is 599. The normalized spacial score (nSPS) is 17.9. The van der Waals surface area contributed by atoms with Crippen molar-refractivity contribution in [3.05, 3.63) is 51.8 Å². The minimum atomic E-state index is 0.131. The lowest BCUT2D eigenvalue weighted by Crippen LogP contribution is -2.28. The van der Waals surface area contributed by atoms with Crippen LogP contribution in [0.2, 0.25) is 0 Å². The fourth-order valence-corrected chi connectivity index (χ4v) is 3.12. The molecule has 0 spiro atoms. The van der Waals surface area contributed by atoms with Crippen molar-refractivity contribution < 1.29 is 4.79 Å². The maximum absolute atomic E-state index is 12.4. The first-order chi connectivity index (χ1) is 9.78. The lowest BCUT2D eigenvalue weighted by atomic mass is 10.1. The van der Waals surface area contributed by atoms with Crippen molar-refractivity contribution in [2.45, 2.75) is 19.3 Å². The fraction of sp³-hybridized carbons (Fsp3) is 0.333. The van der Waals surface area contributed by atoms with E-state index in [1.807, 2.05) is 17.3 Å². The van der Waals surface area contributed by atoms with Gasteiger partial charge in [0, 0.05) is 36.8 Å². The maximum atomic E-state index is 12.4. The van der Waals surface area contributed by atoms with Crippen LogP contribution < -0.4 is 5.32 Å². The van der Waals surface area contributed by atoms with Gasteiger partial charge in [0.25, 0.3) is 0 Å². The summed E-state index contributed by atoms with van der Waals surface area (Å²) in [5.74, 6) is 0.131. The van der Waals surface area contributed by atoms with E-state index in [2.05, 4.69) is 28.5 Å². The van der Waals surface area contributed by atoms with Crippen molar-refractivity contribution in [2.75, 3.05) is 13.6 Å². The Morgan fingerprint density at radius 1 is 1.50 bits per heavy atom. The number of amides is 1. The van der Waals surface area contributed by atoms with Crippen molar-refractivity contribution in [3.63, 3.8) is 0 Å². The van der Waals surface area contributed by atoms with E-state index in [0.717, 1.165) is 30.8 Å². The average Bonchev–Trinajstić information content (AvgIpc) is 3.05. The second kappa shape index (κ2) is 5.63. The lowest BCUT2D eigenvalue weighted by molar-refractivity contribution is -0.127. The molecule has 1 aromatic heterocycles. The van der Waals surface area contributed by atoms with Crippen LogP contribution in [0.1, 0.15) is 18.5 Å². The van der Waals surface area contributed by atoms with Gasteiger partial charge in [0.15, 0.2) is 0 Å². The number of thiazole rings is 1. The number of likely N-dealkylation sites (tertiary alicyclic amines) is 1. The molecule has 0 radical (unpaired) electrons. The first kappa shape index (κ1) is 13.1. The zero-order valence-corrected chi connectivity index (χ0v) is 12.2. The number of fused-ring (bicyclic) bond motifs is 1. The number of carbonyl (C=O) groups excluding carboxylic acids is 1. The van der Waals surface area contributed by atoms with Crippen molar-refractivity contribution >= 4 is 17.2 Å². The van der Waals surface area contributed by atoms with E-state index < -0.39 is 0 Å². The molecule has 0 bridgehead atoms. The largest absolute Gasteiger partial charge is 0.391 e. The van der Waals surface area contributed by atoms with E-state index in [9.17, 15) is 4.79 Å². The van der Waals surface area contributed by atoms with Crippen molar-refractivity contribution in [1.29, 1.82) is 0 Å². The van der Waals surface area contributed by atoms with Crippen LogP contribution in [0.25, 0.3) is 0 Å². The predicted octanol–water partition coefficient (Wildman–Crippen LogP) is 2.24. The Balaban J connectivity index is 1.79. The standard InChI is InChI=1S/C15H17N3OS/c1-16-12-3-2-11-6-7-18(14(11)5-4-12)15(19)8-13-9-20-10-17-13/h2,4-5,9-10,16H,3,6-8H2,1H3. The number of allylic oxidation sites excluding steroid dienone is 4. The molecule has 1 amide bonds. The third-order valence-corrected chi connectivity index (χ3v) is 4.31. The number of aromatic nitrogens is 1. The second-order valence-corrected chi connectivity index (χ2v) is 5.60. The monoisotopic (exact) mass is 287 g/mol. The number of nitrogens with zero attached hydrogens (tertiary/aromatic N) is 2. The minimum absolute atomic E-state index is 0.131. The quantitative estimate of drug-likeness (QED) is 0.927. The van der Waals surface area contributed by atoms with Crippen LogP contribution in [0.5, 0.6) is 0 Å². The Kier molecular flexibility index (Phi) is 3.69. The highest BCUT2D eigenvalue weighted by molar-refractivity contribution is 7.07. The number of hydrogen-bond acceptors (Lipinski definition) is 4.